The minimum Gasteiger partial charge on any atom is -0.372 e. The number of allylic oxidation sites excluding steroid dienone is 1. The molecule has 1 heterocycles. The zero-order valence-electron chi connectivity index (χ0n) is 11.6. The highest BCUT2D eigenvalue weighted by molar-refractivity contribution is 6.30. The van der Waals surface area contributed by atoms with Gasteiger partial charge in [-0.15, -0.1) is 0 Å². The second kappa shape index (κ2) is 6.15. The fourth-order valence-corrected chi connectivity index (χ4v) is 2.63. The summed E-state index contributed by atoms with van der Waals surface area (Å²) < 4.78 is 0. The summed E-state index contributed by atoms with van der Waals surface area (Å²) in [5.74, 6) is 0.196. The maximum absolute atomic E-state index is 12.1. The van der Waals surface area contributed by atoms with Gasteiger partial charge in [-0.1, -0.05) is 54.1 Å². The molecule has 2 nitrogen and oxygen atoms in total. The summed E-state index contributed by atoms with van der Waals surface area (Å²) in [5.41, 5.74) is 2.95. The van der Waals surface area contributed by atoms with Crippen molar-refractivity contribution < 1.29 is 4.79 Å². The van der Waals surface area contributed by atoms with Gasteiger partial charge in [0, 0.05) is 36.3 Å². The number of carbonyl (C=O) groups excluding carboxylic acids is 1. The summed E-state index contributed by atoms with van der Waals surface area (Å²) >= 11 is 5.91. The van der Waals surface area contributed by atoms with E-state index in [-0.39, 0.29) is 5.78 Å². The molecule has 0 fully saturated rings. The van der Waals surface area contributed by atoms with Gasteiger partial charge in [-0.3, -0.25) is 4.79 Å². The second-order valence-electron chi connectivity index (χ2n) is 5.18. The normalized spacial score (nSPS) is 15.0. The Kier molecular flexibility index (Phi) is 4.07. The van der Waals surface area contributed by atoms with Crippen LogP contribution in [0.25, 0.3) is 5.57 Å². The number of hydrogen-bond acceptors (Lipinski definition) is 2. The van der Waals surface area contributed by atoms with Crippen LogP contribution in [0.5, 0.6) is 0 Å². The molecule has 0 unspecified atom stereocenters. The predicted molar refractivity (Wildman–Crippen MR) is 85.9 cm³/mol. The van der Waals surface area contributed by atoms with Crippen LogP contribution in [0, 0.1) is 0 Å². The highest BCUT2D eigenvalue weighted by atomic mass is 35.5. The lowest BCUT2D eigenvalue weighted by Crippen LogP contribution is -2.26. The van der Waals surface area contributed by atoms with Crippen molar-refractivity contribution in [2.45, 2.75) is 13.0 Å². The molecule has 0 amide bonds. The first kappa shape index (κ1) is 13.9. The third kappa shape index (κ3) is 3.34. The molecule has 2 aromatic rings. The molecular weight excluding hydrogens is 282 g/mol. The molecule has 0 spiro atoms. The van der Waals surface area contributed by atoms with Crippen molar-refractivity contribution in [1.29, 1.82) is 0 Å². The van der Waals surface area contributed by atoms with Crippen molar-refractivity contribution >= 4 is 23.0 Å². The topological polar surface area (TPSA) is 20.3 Å². The quantitative estimate of drug-likeness (QED) is 0.848. The van der Waals surface area contributed by atoms with E-state index in [1.807, 2.05) is 48.7 Å². The van der Waals surface area contributed by atoms with E-state index in [9.17, 15) is 4.79 Å². The van der Waals surface area contributed by atoms with Crippen LogP contribution >= 0.6 is 11.6 Å². The summed E-state index contributed by atoms with van der Waals surface area (Å²) in [6.45, 7) is 1.59. The van der Waals surface area contributed by atoms with Crippen molar-refractivity contribution in [2.24, 2.45) is 0 Å². The molecule has 0 N–H and O–H groups in total. The highest BCUT2D eigenvalue weighted by Gasteiger charge is 2.19. The maximum Gasteiger partial charge on any atom is 0.166 e. The van der Waals surface area contributed by atoms with Crippen LogP contribution in [-0.2, 0) is 11.3 Å². The molecular formula is C18H16ClNO. The van der Waals surface area contributed by atoms with Crippen molar-refractivity contribution in [1.82, 2.24) is 4.90 Å². The molecule has 21 heavy (non-hydrogen) atoms. The lowest BCUT2D eigenvalue weighted by atomic mass is 9.98. The molecule has 0 aliphatic carbocycles. The predicted octanol–water partition coefficient (Wildman–Crippen LogP) is 4.16. The van der Waals surface area contributed by atoms with E-state index in [0.29, 0.717) is 11.4 Å². The summed E-state index contributed by atoms with van der Waals surface area (Å²) in [5, 5.41) is 0.684. The van der Waals surface area contributed by atoms with Gasteiger partial charge in [-0.2, -0.15) is 0 Å². The Morgan fingerprint density at radius 2 is 1.71 bits per heavy atom. The SMILES string of the molecule is O=C1CCN(Cc2ccccc2)C=C1c1ccc(Cl)cc1. The molecule has 0 bridgehead atoms. The van der Waals surface area contributed by atoms with Gasteiger partial charge in [0.1, 0.15) is 0 Å². The van der Waals surface area contributed by atoms with Gasteiger partial charge in [0.25, 0.3) is 0 Å². The van der Waals surface area contributed by atoms with E-state index in [1.165, 1.54) is 5.56 Å². The number of benzene rings is 2. The van der Waals surface area contributed by atoms with Gasteiger partial charge >= 0.3 is 0 Å². The Morgan fingerprint density at radius 1 is 1.00 bits per heavy atom. The van der Waals surface area contributed by atoms with Crippen molar-refractivity contribution in [2.75, 3.05) is 6.54 Å². The fourth-order valence-electron chi connectivity index (χ4n) is 2.51. The number of nitrogens with zero attached hydrogens (tertiary/aromatic N) is 1. The van der Waals surface area contributed by atoms with Crippen molar-refractivity contribution in [3.05, 3.63) is 76.9 Å². The number of carbonyl (C=O) groups is 1. The molecule has 0 saturated carbocycles. The monoisotopic (exact) mass is 297 g/mol. The van der Waals surface area contributed by atoms with E-state index in [1.54, 1.807) is 0 Å². The zero-order valence-corrected chi connectivity index (χ0v) is 12.4. The van der Waals surface area contributed by atoms with E-state index < -0.39 is 0 Å². The van der Waals surface area contributed by atoms with Crippen LogP contribution in [0.15, 0.2) is 60.8 Å². The minimum absolute atomic E-state index is 0.196. The summed E-state index contributed by atoms with van der Waals surface area (Å²) in [4.78, 5) is 14.3. The van der Waals surface area contributed by atoms with Crippen LogP contribution in [0.3, 0.4) is 0 Å². The number of halogens is 1. The van der Waals surface area contributed by atoms with Gasteiger partial charge in [-0.25, -0.2) is 0 Å². The average Bonchev–Trinajstić information content (AvgIpc) is 2.51. The molecule has 0 aromatic heterocycles. The average molecular weight is 298 g/mol. The fraction of sp³-hybridized carbons (Fsp3) is 0.167. The number of Topliss-reactive ketones (excluding diaryl/α,β-unsaturated/α-hetero) is 1. The lowest BCUT2D eigenvalue weighted by molar-refractivity contribution is -0.114. The van der Waals surface area contributed by atoms with Gasteiger partial charge in [-0.05, 0) is 23.3 Å². The summed E-state index contributed by atoms with van der Waals surface area (Å²) in [6, 6.07) is 17.7. The number of rotatable bonds is 3. The van der Waals surface area contributed by atoms with Gasteiger partial charge in [0.15, 0.2) is 5.78 Å². The Morgan fingerprint density at radius 3 is 2.43 bits per heavy atom. The van der Waals surface area contributed by atoms with Crippen molar-refractivity contribution in [3.63, 3.8) is 0 Å². The van der Waals surface area contributed by atoms with E-state index in [2.05, 4.69) is 17.0 Å². The molecule has 1 aliphatic heterocycles. The lowest BCUT2D eigenvalue weighted by Gasteiger charge is -2.26. The Balaban J connectivity index is 1.84. The maximum atomic E-state index is 12.1. The highest BCUT2D eigenvalue weighted by Crippen LogP contribution is 2.24. The van der Waals surface area contributed by atoms with Crippen LogP contribution in [0.4, 0.5) is 0 Å². The third-order valence-electron chi connectivity index (χ3n) is 3.62. The Bertz CT molecular complexity index is 661. The molecule has 0 saturated heterocycles. The van der Waals surface area contributed by atoms with E-state index in [0.717, 1.165) is 24.2 Å². The van der Waals surface area contributed by atoms with Gasteiger partial charge < -0.3 is 4.90 Å². The first-order chi connectivity index (χ1) is 10.2. The van der Waals surface area contributed by atoms with Crippen molar-refractivity contribution in [3.8, 4) is 0 Å². The van der Waals surface area contributed by atoms with Crippen LogP contribution in [-0.4, -0.2) is 17.2 Å². The molecule has 0 atom stereocenters. The smallest absolute Gasteiger partial charge is 0.166 e. The summed E-state index contributed by atoms with van der Waals surface area (Å²) in [7, 11) is 0. The third-order valence-corrected chi connectivity index (χ3v) is 3.87. The zero-order chi connectivity index (χ0) is 14.7. The molecule has 3 rings (SSSR count). The first-order valence-electron chi connectivity index (χ1n) is 7.01. The van der Waals surface area contributed by atoms with E-state index >= 15 is 0 Å². The summed E-state index contributed by atoms with van der Waals surface area (Å²) in [6.07, 6.45) is 2.53. The molecule has 0 radical (unpaired) electrons. The number of ketones is 1. The molecule has 106 valence electrons. The van der Waals surface area contributed by atoms with E-state index in [4.69, 9.17) is 11.6 Å². The Labute approximate surface area is 129 Å². The molecule has 1 aliphatic rings. The van der Waals surface area contributed by atoms with Crippen LogP contribution < -0.4 is 0 Å². The number of hydrogen-bond donors (Lipinski definition) is 0. The molecule has 2 aromatic carbocycles. The van der Waals surface area contributed by atoms with Crippen LogP contribution in [0.2, 0.25) is 5.02 Å². The largest absolute Gasteiger partial charge is 0.372 e. The van der Waals surface area contributed by atoms with Gasteiger partial charge in [0.2, 0.25) is 0 Å². The van der Waals surface area contributed by atoms with Gasteiger partial charge in [0.05, 0.1) is 0 Å². The standard InChI is InChI=1S/C18H16ClNO/c19-16-8-6-15(7-9-16)17-13-20(11-10-18(17)21)12-14-4-2-1-3-5-14/h1-9,13H,10-12H2. The minimum atomic E-state index is 0.196. The molecule has 3 heteroatoms. The Hall–Kier alpha value is -2.06. The first-order valence-corrected chi connectivity index (χ1v) is 7.39. The second-order valence-corrected chi connectivity index (χ2v) is 5.62. The van der Waals surface area contributed by atoms with Crippen LogP contribution in [0.1, 0.15) is 17.5 Å².